The summed E-state index contributed by atoms with van der Waals surface area (Å²) in [6, 6.07) is 0.557. The van der Waals surface area contributed by atoms with Gasteiger partial charge >= 0.3 is 0 Å². The molecule has 0 aromatic rings. The van der Waals surface area contributed by atoms with E-state index in [1.165, 1.54) is 0 Å². The molecule has 5 nitrogen and oxygen atoms in total. The highest BCUT2D eigenvalue weighted by molar-refractivity contribution is 7.87. The molecule has 0 bridgehead atoms. The van der Waals surface area contributed by atoms with Crippen LogP contribution in [-0.4, -0.2) is 33.6 Å². The van der Waals surface area contributed by atoms with Crippen LogP contribution < -0.4 is 14.8 Å². The topological polar surface area (TPSA) is 70.2 Å². The Balaban J connectivity index is 2.09. The van der Waals surface area contributed by atoms with Crippen LogP contribution in [0.2, 0.25) is 0 Å². The molecule has 1 fully saturated rings. The van der Waals surface area contributed by atoms with Gasteiger partial charge in [0.05, 0.1) is 0 Å². The highest BCUT2D eigenvalue weighted by Gasteiger charge is 2.26. The second-order valence-electron chi connectivity index (χ2n) is 3.90. The number of nitrogens with one attached hydrogen (secondary N) is 3. The second kappa shape index (κ2) is 5.06. The minimum Gasteiger partial charge on any atom is -0.313 e. The van der Waals surface area contributed by atoms with Crippen LogP contribution in [0.15, 0.2) is 0 Å². The van der Waals surface area contributed by atoms with E-state index in [1.807, 2.05) is 13.8 Å². The molecule has 0 unspecified atom stereocenters. The molecule has 6 heteroatoms. The molecule has 1 aliphatic carbocycles. The van der Waals surface area contributed by atoms with E-state index in [0.29, 0.717) is 19.1 Å². The molecular formula is C8H19N3O2S. The van der Waals surface area contributed by atoms with E-state index in [9.17, 15) is 8.42 Å². The summed E-state index contributed by atoms with van der Waals surface area (Å²) in [7, 11) is -3.26. The summed E-state index contributed by atoms with van der Waals surface area (Å²) in [5.74, 6) is 0. The van der Waals surface area contributed by atoms with Gasteiger partial charge in [-0.3, -0.25) is 0 Å². The van der Waals surface area contributed by atoms with Crippen LogP contribution in [0.5, 0.6) is 0 Å². The van der Waals surface area contributed by atoms with Crippen molar-refractivity contribution >= 4 is 10.2 Å². The van der Waals surface area contributed by atoms with Crippen molar-refractivity contribution in [1.82, 2.24) is 14.8 Å². The fourth-order valence-corrected chi connectivity index (χ4v) is 2.14. The van der Waals surface area contributed by atoms with Gasteiger partial charge in [0.25, 0.3) is 10.2 Å². The van der Waals surface area contributed by atoms with Crippen molar-refractivity contribution in [3.05, 3.63) is 0 Å². The SMILES string of the molecule is CC(C)NCCNS(=O)(=O)NC1CC1. The minimum atomic E-state index is -3.26. The van der Waals surface area contributed by atoms with E-state index < -0.39 is 10.2 Å². The molecule has 1 saturated carbocycles. The zero-order chi connectivity index (χ0) is 10.6. The number of hydrogen-bond donors (Lipinski definition) is 3. The van der Waals surface area contributed by atoms with Gasteiger partial charge in [-0.25, -0.2) is 4.72 Å². The van der Waals surface area contributed by atoms with Gasteiger partial charge in [0.15, 0.2) is 0 Å². The van der Waals surface area contributed by atoms with Crippen molar-refractivity contribution in [2.24, 2.45) is 0 Å². The summed E-state index contributed by atoms with van der Waals surface area (Å²) in [6.45, 7) is 5.14. The third-order valence-electron chi connectivity index (χ3n) is 1.87. The first kappa shape index (κ1) is 11.9. The van der Waals surface area contributed by atoms with Crippen molar-refractivity contribution in [1.29, 1.82) is 0 Å². The van der Waals surface area contributed by atoms with Gasteiger partial charge in [0, 0.05) is 25.2 Å². The van der Waals surface area contributed by atoms with Crippen LogP contribution >= 0.6 is 0 Å². The van der Waals surface area contributed by atoms with Gasteiger partial charge in [-0.15, -0.1) is 0 Å². The van der Waals surface area contributed by atoms with Crippen molar-refractivity contribution < 1.29 is 8.42 Å². The molecule has 1 rings (SSSR count). The van der Waals surface area contributed by atoms with Crippen molar-refractivity contribution in [3.63, 3.8) is 0 Å². The molecule has 0 aliphatic heterocycles. The third kappa shape index (κ3) is 5.54. The lowest BCUT2D eigenvalue weighted by atomic mass is 10.4. The molecule has 0 atom stereocenters. The Labute approximate surface area is 85.8 Å². The van der Waals surface area contributed by atoms with Gasteiger partial charge in [0.2, 0.25) is 0 Å². The molecule has 14 heavy (non-hydrogen) atoms. The molecule has 84 valence electrons. The van der Waals surface area contributed by atoms with Gasteiger partial charge in [-0.2, -0.15) is 13.1 Å². The maximum absolute atomic E-state index is 11.3. The van der Waals surface area contributed by atoms with Crippen LogP contribution in [0.4, 0.5) is 0 Å². The first-order valence-electron chi connectivity index (χ1n) is 5.00. The molecule has 1 aliphatic rings. The van der Waals surface area contributed by atoms with Crippen LogP contribution in [0, 0.1) is 0 Å². The van der Waals surface area contributed by atoms with Crippen molar-refractivity contribution in [2.45, 2.75) is 38.8 Å². The Morgan fingerprint density at radius 3 is 2.43 bits per heavy atom. The monoisotopic (exact) mass is 221 g/mol. The molecule has 3 N–H and O–H groups in total. The highest BCUT2D eigenvalue weighted by atomic mass is 32.2. The average Bonchev–Trinajstić information content (AvgIpc) is 2.81. The molecule has 0 radical (unpaired) electrons. The van der Waals surface area contributed by atoms with Gasteiger partial charge in [-0.1, -0.05) is 13.8 Å². The van der Waals surface area contributed by atoms with Crippen LogP contribution in [0.25, 0.3) is 0 Å². The molecule has 0 spiro atoms. The quantitative estimate of drug-likeness (QED) is 0.511. The molecule has 0 saturated heterocycles. The molecule has 0 heterocycles. The van der Waals surface area contributed by atoms with Crippen molar-refractivity contribution in [3.8, 4) is 0 Å². The molecular weight excluding hydrogens is 202 g/mol. The summed E-state index contributed by atoms with van der Waals surface area (Å²) in [5, 5.41) is 3.13. The summed E-state index contributed by atoms with van der Waals surface area (Å²) in [5.41, 5.74) is 0. The Kier molecular flexibility index (Phi) is 4.31. The van der Waals surface area contributed by atoms with Crippen LogP contribution in [0.1, 0.15) is 26.7 Å². The Morgan fingerprint density at radius 1 is 1.29 bits per heavy atom. The Hall–Kier alpha value is -0.170. The maximum Gasteiger partial charge on any atom is 0.277 e. The van der Waals surface area contributed by atoms with Gasteiger partial charge in [0.1, 0.15) is 0 Å². The van der Waals surface area contributed by atoms with Gasteiger partial charge < -0.3 is 5.32 Å². The molecule has 0 aromatic heterocycles. The Bertz CT molecular complexity index is 260. The smallest absolute Gasteiger partial charge is 0.277 e. The standard InChI is InChI=1S/C8H19N3O2S/c1-7(2)9-5-6-10-14(12,13)11-8-3-4-8/h7-11H,3-6H2,1-2H3. The average molecular weight is 221 g/mol. The fourth-order valence-electron chi connectivity index (χ4n) is 1.01. The summed E-state index contributed by atoms with van der Waals surface area (Å²) in [6.07, 6.45) is 1.93. The lowest BCUT2D eigenvalue weighted by molar-refractivity contribution is 0.549. The first-order chi connectivity index (χ1) is 6.49. The molecule has 0 aromatic carbocycles. The van der Waals surface area contributed by atoms with E-state index >= 15 is 0 Å². The minimum absolute atomic E-state index is 0.172. The normalized spacial score (nSPS) is 17.6. The second-order valence-corrected chi connectivity index (χ2v) is 5.43. The third-order valence-corrected chi connectivity index (χ3v) is 3.10. The number of rotatable bonds is 7. The van der Waals surface area contributed by atoms with Crippen molar-refractivity contribution in [2.75, 3.05) is 13.1 Å². The summed E-state index contributed by atoms with van der Waals surface area (Å²) < 4.78 is 27.6. The highest BCUT2D eigenvalue weighted by Crippen LogP contribution is 2.19. The van der Waals surface area contributed by atoms with Crippen LogP contribution in [0.3, 0.4) is 0 Å². The van der Waals surface area contributed by atoms with Gasteiger partial charge in [-0.05, 0) is 12.8 Å². The van der Waals surface area contributed by atoms with E-state index in [0.717, 1.165) is 12.8 Å². The lowest BCUT2D eigenvalue weighted by Crippen LogP contribution is -2.41. The van der Waals surface area contributed by atoms with E-state index in [1.54, 1.807) is 0 Å². The molecule has 0 amide bonds. The largest absolute Gasteiger partial charge is 0.313 e. The fraction of sp³-hybridized carbons (Fsp3) is 1.00. The van der Waals surface area contributed by atoms with E-state index in [4.69, 9.17) is 0 Å². The Morgan fingerprint density at radius 2 is 1.93 bits per heavy atom. The predicted octanol–water partition coefficient (Wildman–Crippen LogP) is -0.429. The first-order valence-corrected chi connectivity index (χ1v) is 6.48. The lowest BCUT2D eigenvalue weighted by Gasteiger charge is -2.09. The zero-order valence-corrected chi connectivity index (χ0v) is 9.52. The van der Waals surface area contributed by atoms with Crippen LogP contribution in [-0.2, 0) is 10.2 Å². The summed E-state index contributed by atoms with van der Waals surface area (Å²) in [4.78, 5) is 0. The summed E-state index contributed by atoms with van der Waals surface area (Å²) >= 11 is 0. The van der Waals surface area contributed by atoms with E-state index in [-0.39, 0.29) is 6.04 Å². The zero-order valence-electron chi connectivity index (χ0n) is 8.71. The maximum atomic E-state index is 11.3. The predicted molar refractivity (Wildman–Crippen MR) is 56.2 cm³/mol. The van der Waals surface area contributed by atoms with E-state index in [2.05, 4.69) is 14.8 Å². The number of hydrogen-bond acceptors (Lipinski definition) is 3.